The van der Waals surface area contributed by atoms with E-state index in [4.69, 9.17) is 4.74 Å². The molecule has 1 N–H and O–H groups in total. The van der Waals surface area contributed by atoms with E-state index in [2.05, 4.69) is 5.32 Å². The van der Waals surface area contributed by atoms with Gasteiger partial charge in [-0.05, 0) is 55.0 Å². The topological polar surface area (TPSA) is 61.9 Å². The molecule has 5 rings (SSSR count). The van der Waals surface area contributed by atoms with Gasteiger partial charge >= 0.3 is 6.03 Å². The number of anilines is 2. The summed E-state index contributed by atoms with van der Waals surface area (Å²) < 4.78 is 18.9. The van der Waals surface area contributed by atoms with E-state index in [9.17, 15) is 14.0 Å². The largest absolute Gasteiger partial charge is 0.497 e. The maximum absolute atomic E-state index is 14.0. The van der Waals surface area contributed by atoms with Crippen molar-refractivity contribution in [3.8, 4) is 5.75 Å². The number of nitrogens with zero attached hydrogens (tertiary/aromatic N) is 2. The molecule has 174 valence electrons. The monoisotopic (exact) mass is 477 g/mol. The standard InChI is InChI=1S/C26H24FN3O3S/c1-17-3-9-20(10-4-17)28-25(32)30-13-14-34-26(30)22-15-21(33-2)11-12-23(22)29(24(26)31)16-18-5-7-19(27)8-6-18/h3-12,15H,13-14,16H2,1-2H3,(H,28,32)/t26-/m1/s1. The van der Waals surface area contributed by atoms with E-state index in [1.54, 1.807) is 35.1 Å². The number of aryl methyl sites for hydroxylation is 1. The van der Waals surface area contributed by atoms with Crippen LogP contribution >= 0.6 is 11.8 Å². The molecule has 8 heteroatoms. The van der Waals surface area contributed by atoms with Gasteiger partial charge in [-0.2, -0.15) is 0 Å². The number of carbonyl (C=O) groups is 2. The normalized spacial score (nSPS) is 19.0. The second-order valence-corrected chi connectivity index (χ2v) is 9.63. The summed E-state index contributed by atoms with van der Waals surface area (Å²) in [5, 5.41) is 2.94. The molecule has 6 nitrogen and oxygen atoms in total. The maximum Gasteiger partial charge on any atom is 0.323 e. The lowest BCUT2D eigenvalue weighted by Gasteiger charge is -2.33. The van der Waals surface area contributed by atoms with Gasteiger partial charge in [0.1, 0.15) is 11.6 Å². The van der Waals surface area contributed by atoms with Gasteiger partial charge in [-0.3, -0.25) is 9.69 Å². The minimum atomic E-state index is -1.20. The van der Waals surface area contributed by atoms with E-state index in [0.717, 1.165) is 22.4 Å². The van der Waals surface area contributed by atoms with Crippen LogP contribution in [0.4, 0.5) is 20.6 Å². The third kappa shape index (κ3) is 3.68. The number of benzene rings is 3. The number of thioether (sulfide) groups is 1. The summed E-state index contributed by atoms with van der Waals surface area (Å²) in [4.78, 5) is 29.6. The molecule has 1 atom stereocenters. The fraction of sp³-hybridized carbons (Fsp3) is 0.231. The Balaban J connectivity index is 1.53. The minimum absolute atomic E-state index is 0.193. The molecule has 3 aromatic rings. The highest BCUT2D eigenvalue weighted by molar-refractivity contribution is 8.01. The fourth-order valence-electron chi connectivity index (χ4n) is 4.48. The van der Waals surface area contributed by atoms with E-state index in [1.807, 2.05) is 43.3 Å². The lowest BCUT2D eigenvalue weighted by atomic mass is 10.1. The summed E-state index contributed by atoms with van der Waals surface area (Å²) in [6.07, 6.45) is 0. The van der Waals surface area contributed by atoms with Gasteiger partial charge < -0.3 is 15.0 Å². The molecule has 0 radical (unpaired) electrons. The third-order valence-corrected chi connectivity index (χ3v) is 7.62. The predicted molar refractivity (Wildman–Crippen MR) is 132 cm³/mol. The molecule has 2 heterocycles. The first kappa shape index (κ1) is 22.3. The Hall–Kier alpha value is -3.52. The molecular formula is C26H24FN3O3S. The smallest absolute Gasteiger partial charge is 0.323 e. The van der Waals surface area contributed by atoms with Gasteiger partial charge in [-0.1, -0.05) is 29.8 Å². The number of hydrogen-bond donors (Lipinski definition) is 1. The predicted octanol–water partition coefficient (Wildman–Crippen LogP) is 5.12. The number of methoxy groups -OCH3 is 1. The van der Waals surface area contributed by atoms with Crippen molar-refractivity contribution in [1.82, 2.24) is 4.90 Å². The van der Waals surface area contributed by atoms with Crippen LogP contribution < -0.4 is 15.0 Å². The van der Waals surface area contributed by atoms with Crippen LogP contribution in [0.15, 0.2) is 66.7 Å². The van der Waals surface area contributed by atoms with Gasteiger partial charge in [0.2, 0.25) is 0 Å². The second-order valence-electron chi connectivity index (χ2n) is 8.34. The lowest BCUT2D eigenvalue weighted by molar-refractivity contribution is -0.123. The van der Waals surface area contributed by atoms with Gasteiger partial charge in [0.25, 0.3) is 5.91 Å². The van der Waals surface area contributed by atoms with Crippen molar-refractivity contribution in [3.05, 3.63) is 89.2 Å². The number of amides is 3. The zero-order valence-electron chi connectivity index (χ0n) is 18.9. The number of ether oxygens (including phenoxy) is 1. The van der Waals surface area contributed by atoms with E-state index in [0.29, 0.717) is 23.7 Å². The first-order chi connectivity index (χ1) is 16.4. The molecule has 2 aliphatic rings. The molecule has 1 saturated heterocycles. The van der Waals surface area contributed by atoms with Gasteiger partial charge in [-0.15, -0.1) is 11.8 Å². The summed E-state index contributed by atoms with van der Waals surface area (Å²) in [5.74, 6) is 0.708. The molecule has 34 heavy (non-hydrogen) atoms. The van der Waals surface area contributed by atoms with Crippen molar-refractivity contribution in [3.63, 3.8) is 0 Å². The van der Waals surface area contributed by atoms with Crippen LogP contribution in [0.1, 0.15) is 16.7 Å². The number of nitrogens with one attached hydrogen (secondary N) is 1. The van der Waals surface area contributed by atoms with E-state index < -0.39 is 4.87 Å². The fourth-order valence-corrected chi connectivity index (χ4v) is 5.93. The van der Waals surface area contributed by atoms with E-state index >= 15 is 0 Å². The van der Waals surface area contributed by atoms with Gasteiger partial charge in [0, 0.05) is 23.5 Å². The second kappa shape index (κ2) is 8.68. The van der Waals surface area contributed by atoms with Crippen molar-refractivity contribution >= 4 is 35.1 Å². The van der Waals surface area contributed by atoms with E-state index in [1.165, 1.54) is 23.9 Å². The highest BCUT2D eigenvalue weighted by Crippen LogP contribution is 2.55. The summed E-state index contributed by atoms with van der Waals surface area (Å²) in [6, 6.07) is 18.8. The highest BCUT2D eigenvalue weighted by Gasteiger charge is 2.59. The SMILES string of the molecule is COc1ccc2c(c1)[C@@]1(SCCN1C(=O)Nc1ccc(C)cc1)C(=O)N2Cc1ccc(F)cc1. The first-order valence-corrected chi connectivity index (χ1v) is 11.9. The Bertz CT molecular complexity index is 1250. The number of carbonyl (C=O) groups excluding carboxylic acids is 2. The zero-order valence-corrected chi connectivity index (χ0v) is 19.7. The van der Waals surface area contributed by atoms with Crippen molar-refractivity contribution in [1.29, 1.82) is 0 Å². The summed E-state index contributed by atoms with van der Waals surface area (Å²) in [6.45, 7) is 2.68. The van der Waals surface area contributed by atoms with Crippen LogP contribution in [0, 0.1) is 12.7 Å². The summed E-state index contributed by atoms with van der Waals surface area (Å²) >= 11 is 1.45. The zero-order chi connectivity index (χ0) is 23.9. The number of hydrogen-bond acceptors (Lipinski definition) is 4. The van der Waals surface area contributed by atoms with Crippen LogP contribution in [-0.2, 0) is 16.2 Å². The van der Waals surface area contributed by atoms with Crippen molar-refractivity contribution < 1.29 is 18.7 Å². The number of urea groups is 1. The van der Waals surface area contributed by atoms with Crippen molar-refractivity contribution in [2.45, 2.75) is 18.3 Å². The molecule has 0 saturated carbocycles. The van der Waals surface area contributed by atoms with Crippen LogP contribution in [0.3, 0.4) is 0 Å². The van der Waals surface area contributed by atoms with E-state index in [-0.39, 0.29) is 24.3 Å². The van der Waals surface area contributed by atoms with Crippen molar-refractivity contribution in [2.24, 2.45) is 0 Å². The molecule has 1 fully saturated rings. The first-order valence-electron chi connectivity index (χ1n) is 11.0. The Morgan fingerprint density at radius 1 is 1.12 bits per heavy atom. The highest BCUT2D eigenvalue weighted by atomic mass is 32.2. The molecule has 1 spiro atoms. The number of rotatable bonds is 4. The van der Waals surface area contributed by atoms with Crippen molar-refractivity contribution in [2.75, 3.05) is 29.6 Å². The van der Waals surface area contributed by atoms with Crippen LogP contribution in [-0.4, -0.2) is 36.2 Å². The van der Waals surface area contributed by atoms with Crippen LogP contribution in [0.5, 0.6) is 5.75 Å². The maximum atomic E-state index is 14.0. The molecule has 0 aliphatic carbocycles. The Morgan fingerprint density at radius 2 is 1.85 bits per heavy atom. The quantitative estimate of drug-likeness (QED) is 0.566. The van der Waals surface area contributed by atoms with Crippen LogP contribution in [0.2, 0.25) is 0 Å². The molecule has 3 aromatic carbocycles. The van der Waals surface area contributed by atoms with Gasteiger partial charge in [0.05, 0.1) is 19.3 Å². The summed E-state index contributed by atoms with van der Waals surface area (Å²) in [5.41, 5.74) is 4.00. The average molecular weight is 478 g/mol. The van der Waals surface area contributed by atoms with Gasteiger partial charge in [-0.25, -0.2) is 9.18 Å². The van der Waals surface area contributed by atoms with Gasteiger partial charge in [0.15, 0.2) is 4.87 Å². The Kier molecular flexibility index (Phi) is 5.69. The Morgan fingerprint density at radius 3 is 2.56 bits per heavy atom. The minimum Gasteiger partial charge on any atom is -0.497 e. The number of fused-ring (bicyclic) bond motifs is 2. The Labute approximate surface area is 201 Å². The number of halogens is 1. The molecular weight excluding hydrogens is 453 g/mol. The molecule has 3 amide bonds. The average Bonchev–Trinajstić information content (AvgIpc) is 3.39. The lowest BCUT2D eigenvalue weighted by Crippen LogP contribution is -2.51. The molecule has 0 unspecified atom stereocenters. The third-order valence-electron chi connectivity index (χ3n) is 6.20. The van der Waals surface area contributed by atoms with Crippen LogP contribution in [0.25, 0.3) is 0 Å². The molecule has 2 aliphatic heterocycles. The molecule has 0 bridgehead atoms. The summed E-state index contributed by atoms with van der Waals surface area (Å²) in [7, 11) is 1.57. The molecule has 0 aromatic heterocycles.